The van der Waals surface area contributed by atoms with Gasteiger partial charge in [-0.05, 0) is 48.2 Å². The Morgan fingerprint density at radius 2 is 1.29 bits per heavy atom. The quantitative estimate of drug-likeness (QED) is 0.405. The predicted octanol–water partition coefficient (Wildman–Crippen LogP) is 5.44. The maximum absolute atomic E-state index is 11.1. The average Bonchev–Trinajstić information content (AvgIpc) is 2.60. The van der Waals surface area contributed by atoms with Crippen molar-refractivity contribution < 1.29 is 9.59 Å². The van der Waals surface area contributed by atoms with Gasteiger partial charge in [0.15, 0.2) is 0 Å². The topological polar surface area (TPSA) is 87.5 Å². The second kappa shape index (κ2) is 14.1. The average molecular weight is 428 g/mol. The Kier molecular flexibility index (Phi) is 12.7. The van der Waals surface area contributed by atoms with Crippen molar-refractivity contribution in [2.24, 2.45) is 11.8 Å². The van der Waals surface area contributed by atoms with Gasteiger partial charge in [0.2, 0.25) is 11.8 Å². The number of benzene rings is 2. The van der Waals surface area contributed by atoms with Crippen LogP contribution in [0.3, 0.4) is 0 Å². The number of nitrogens with two attached hydrogens (primary N) is 1. The standard InChI is InChI=1S/C16H26N2O.C8H10N2O.CH3/c1-12(2)10-18(11-13(3)4)16-8-6-7-15(9-16)17-14(5)19;1-6(11)10-8-4-2-3-7(9)5-8;/h6-9,12-13H,10-11H2,1-5H3,(H,17,19);2-5H,9H2,1H3,(H,10,11);1H3/q;;-1. The highest BCUT2D eigenvalue weighted by Gasteiger charge is 2.11. The Hall–Kier alpha value is -3.02. The molecule has 0 heterocycles. The van der Waals surface area contributed by atoms with Crippen LogP contribution >= 0.6 is 0 Å². The third kappa shape index (κ3) is 12.3. The van der Waals surface area contributed by atoms with Crippen molar-refractivity contribution in [2.75, 3.05) is 34.4 Å². The van der Waals surface area contributed by atoms with E-state index >= 15 is 0 Å². The molecule has 0 saturated carbocycles. The van der Waals surface area contributed by atoms with Crippen LogP contribution in [0.15, 0.2) is 48.5 Å². The molecule has 0 aliphatic carbocycles. The maximum atomic E-state index is 11.1. The lowest BCUT2D eigenvalue weighted by atomic mass is 10.1. The van der Waals surface area contributed by atoms with Crippen LogP contribution in [0.2, 0.25) is 0 Å². The van der Waals surface area contributed by atoms with Crippen LogP contribution in [0.5, 0.6) is 0 Å². The maximum Gasteiger partial charge on any atom is 0.221 e. The van der Waals surface area contributed by atoms with Gasteiger partial charge in [-0.15, -0.1) is 0 Å². The number of hydrogen-bond acceptors (Lipinski definition) is 4. The van der Waals surface area contributed by atoms with Gasteiger partial charge in [0, 0.05) is 49.7 Å². The van der Waals surface area contributed by atoms with Crippen molar-refractivity contribution in [3.8, 4) is 0 Å². The first-order valence-corrected chi connectivity index (χ1v) is 10.3. The molecule has 0 aromatic heterocycles. The summed E-state index contributed by atoms with van der Waals surface area (Å²) in [6, 6.07) is 15.1. The molecule has 6 nitrogen and oxygen atoms in total. The normalized spacial score (nSPS) is 9.94. The lowest BCUT2D eigenvalue weighted by molar-refractivity contribution is -0.115. The van der Waals surface area contributed by atoms with Gasteiger partial charge >= 0.3 is 0 Å². The summed E-state index contributed by atoms with van der Waals surface area (Å²) < 4.78 is 0. The number of carbonyl (C=O) groups excluding carboxylic acids is 2. The van der Waals surface area contributed by atoms with Crippen LogP contribution in [-0.4, -0.2) is 24.9 Å². The fourth-order valence-electron chi connectivity index (χ4n) is 2.97. The fourth-order valence-corrected chi connectivity index (χ4v) is 2.97. The molecule has 0 fully saturated rings. The SMILES string of the molecule is CC(=O)Nc1cccc(N(CC(C)C)CC(C)C)c1.CC(=O)Nc1cccc(N)c1.[CH3-]. The highest BCUT2D eigenvalue weighted by Crippen LogP contribution is 2.21. The molecule has 2 aromatic rings. The van der Waals surface area contributed by atoms with E-state index in [1.807, 2.05) is 18.2 Å². The van der Waals surface area contributed by atoms with E-state index < -0.39 is 0 Å². The minimum atomic E-state index is -0.0874. The first-order chi connectivity index (χ1) is 14.1. The molecule has 2 amide bonds. The van der Waals surface area contributed by atoms with Crippen molar-refractivity contribution >= 4 is 34.6 Å². The second-order valence-electron chi connectivity index (χ2n) is 8.23. The molecule has 0 unspecified atom stereocenters. The van der Waals surface area contributed by atoms with Crippen molar-refractivity contribution in [1.82, 2.24) is 0 Å². The number of rotatable bonds is 7. The lowest BCUT2D eigenvalue weighted by Crippen LogP contribution is -2.31. The molecule has 0 radical (unpaired) electrons. The molecule has 0 spiro atoms. The largest absolute Gasteiger partial charge is 0.399 e. The molecule has 6 heteroatoms. The van der Waals surface area contributed by atoms with Crippen LogP contribution in [0.25, 0.3) is 0 Å². The predicted molar refractivity (Wildman–Crippen MR) is 134 cm³/mol. The number of amides is 2. The van der Waals surface area contributed by atoms with Gasteiger partial charge in [-0.2, -0.15) is 0 Å². The number of anilines is 4. The summed E-state index contributed by atoms with van der Waals surface area (Å²) in [4.78, 5) is 24.1. The summed E-state index contributed by atoms with van der Waals surface area (Å²) in [5.74, 6) is 1.11. The molecular formula is C25H39N4O2-. The van der Waals surface area contributed by atoms with Gasteiger partial charge in [-0.1, -0.05) is 39.8 Å². The molecule has 0 saturated heterocycles. The van der Waals surface area contributed by atoms with Gasteiger partial charge in [-0.3, -0.25) is 9.59 Å². The molecule has 172 valence electrons. The third-order valence-corrected chi connectivity index (χ3v) is 3.91. The number of nitrogens with zero attached hydrogens (tertiary/aromatic N) is 1. The number of carbonyl (C=O) groups is 2. The molecular weight excluding hydrogens is 388 g/mol. The van der Waals surface area contributed by atoms with Gasteiger partial charge < -0.3 is 28.7 Å². The van der Waals surface area contributed by atoms with E-state index in [-0.39, 0.29) is 19.2 Å². The van der Waals surface area contributed by atoms with Crippen LogP contribution in [-0.2, 0) is 9.59 Å². The highest BCUT2D eigenvalue weighted by molar-refractivity contribution is 5.89. The van der Waals surface area contributed by atoms with E-state index in [2.05, 4.69) is 49.3 Å². The van der Waals surface area contributed by atoms with E-state index in [0.717, 1.165) is 24.5 Å². The van der Waals surface area contributed by atoms with Gasteiger partial charge in [0.05, 0.1) is 0 Å². The summed E-state index contributed by atoms with van der Waals surface area (Å²) in [7, 11) is 0. The first kappa shape index (κ1) is 28.0. The molecule has 2 rings (SSSR count). The Bertz CT molecular complexity index is 809. The zero-order valence-corrected chi connectivity index (χ0v) is 20.0. The monoisotopic (exact) mass is 427 g/mol. The Balaban J connectivity index is 0.000000640. The third-order valence-electron chi connectivity index (χ3n) is 3.91. The van der Waals surface area contributed by atoms with Crippen LogP contribution in [0, 0.1) is 19.3 Å². The van der Waals surface area contributed by atoms with E-state index in [9.17, 15) is 9.59 Å². The second-order valence-corrected chi connectivity index (χ2v) is 8.23. The van der Waals surface area contributed by atoms with Crippen molar-refractivity contribution in [2.45, 2.75) is 41.5 Å². The molecule has 31 heavy (non-hydrogen) atoms. The van der Waals surface area contributed by atoms with Gasteiger partial charge in [0.1, 0.15) is 0 Å². The Morgan fingerprint density at radius 3 is 1.71 bits per heavy atom. The fraction of sp³-hybridized carbons (Fsp3) is 0.400. The molecule has 0 atom stereocenters. The highest BCUT2D eigenvalue weighted by atomic mass is 16.2. The zero-order chi connectivity index (χ0) is 22.7. The summed E-state index contributed by atoms with van der Waals surface area (Å²) in [5.41, 5.74) is 8.90. The van der Waals surface area contributed by atoms with Crippen LogP contribution < -0.4 is 21.3 Å². The minimum absolute atomic E-state index is 0. The number of nitrogens with one attached hydrogen (secondary N) is 2. The number of hydrogen-bond donors (Lipinski definition) is 3. The summed E-state index contributed by atoms with van der Waals surface area (Å²) in [6.07, 6.45) is 0. The van der Waals surface area contributed by atoms with Crippen molar-refractivity contribution in [1.29, 1.82) is 0 Å². The van der Waals surface area contributed by atoms with Gasteiger partial charge in [0.25, 0.3) is 0 Å². The van der Waals surface area contributed by atoms with E-state index in [4.69, 9.17) is 5.73 Å². The summed E-state index contributed by atoms with van der Waals surface area (Å²) >= 11 is 0. The molecule has 4 N–H and O–H groups in total. The Labute approximate surface area is 188 Å². The zero-order valence-electron chi connectivity index (χ0n) is 20.0. The van der Waals surface area contributed by atoms with E-state index in [0.29, 0.717) is 17.5 Å². The summed E-state index contributed by atoms with van der Waals surface area (Å²) in [6.45, 7) is 14.0. The van der Waals surface area contributed by atoms with Crippen molar-refractivity contribution in [3.05, 3.63) is 56.0 Å². The minimum Gasteiger partial charge on any atom is -0.399 e. The molecule has 0 bridgehead atoms. The van der Waals surface area contributed by atoms with Crippen LogP contribution in [0.4, 0.5) is 22.7 Å². The van der Waals surface area contributed by atoms with E-state index in [1.165, 1.54) is 19.5 Å². The Morgan fingerprint density at radius 1 is 0.839 bits per heavy atom. The molecule has 0 aliphatic rings. The van der Waals surface area contributed by atoms with Crippen LogP contribution in [0.1, 0.15) is 41.5 Å². The van der Waals surface area contributed by atoms with E-state index in [1.54, 1.807) is 24.3 Å². The lowest BCUT2D eigenvalue weighted by Gasteiger charge is -2.29. The molecule has 0 aliphatic heterocycles. The molecule has 2 aromatic carbocycles. The first-order valence-electron chi connectivity index (χ1n) is 10.3. The smallest absolute Gasteiger partial charge is 0.221 e. The summed E-state index contributed by atoms with van der Waals surface area (Å²) in [5, 5.41) is 5.47. The van der Waals surface area contributed by atoms with Crippen molar-refractivity contribution in [3.63, 3.8) is 0 Å². The van der Waals surface area contributed by atoms with Gasteiger partial charge in [-0.25, -0.2) is 0 Å². The number of nitrogen functional groups attached to an aromatic ring is 1.